The number of nitrogens with one attached hydrogen (secondary N) is 1. The van der Waals surface area contributed by atoms with Crippen LogP contribution in [0.1, 0.15) is 43.7 Å². The highest BCUT2D eigenvalue weighted by molar-refractivity contribution is 5.85. The Kier molecular flexibility index (Phi) is 6.82. The highest BCUT2D eigenvalue weighted by Gasteiger charge is 2.05. The summed E-state index contributed by atoms with van der Waals surface area (Å²) >= 11 is 0. The Morgan fingerprint density at radius 2 is 1.85 bits per heavy atom. The molecule has 136 valence electrons. The second-order valence-corrected chi connectivity index (χ2v) is 6.60. The zero-order valence-electron chi connectivity index (χ0n) is 15.6. The third kappa shape index (κ3) is 5.45. The SMILES string of the molecule is CCN(Cc1ccccc1)c1ccc(/C=N\NC2=NCCCCC2)cc1. The monoisotopic (exact) mass is 348 g/mol. The lowest BCUT2D eigenvalue weighted by Crippen LogP contribution is -2.21. The Bertz CT molecular complexity index is 720. The molecule has 4 nitrogen and oxygen atoms in total. The van der Waals surface area contributed by atoms with Crippen LogP contribution in [0.15, 0.2) is 64.7 Å². The van der Waals surface area contributed by atoms with Crippen molar-refractivity contribution in [1.82, 2.24) is 5.43 Å². The summed E-state index contributed by atoms with van der Waals surface area (Å²) in [5.41, 5.74) is 6.75. The maximum atomic E-state index is 4.53. The topological polar surface area (TPSA) is 40.0 Å². The molecule has 4 heteroatoms. The van der Waals surface area contributed by atoms with Crippen LogP contribution >= 0.6 is 0 Å². The molecule has 2 aromatic carbocycles. The summed E-state index contributed by atoms with van der Waals surface area (Å²) in [6.07, 6.45) is 6.51. The normalized spacial score (nSPS) is 14.7. The predicted molar refractivity (Wildman–Crippen MR) is 111 cm³/mol. The van der Waals surface area contributed by atoms with E-state index in [4.69, 9.17) is 0 Å². The smallest absolute Gasteiger partial charge is 0.117 e. The van der Waals surface area contributed by atoms with Gasteiger partial charge in [0.15, 0.2) is 0 Å². The average molecular weight is 348 g/mol. The number of benzene rings is 2. The van der Waals surface area contributed by atoms with E-state index in [2.05, 4.69) is 81.9 Å². The molecule has 0 fully saturated rings. The molecule has 0 aromatic heterocycles. The minimum Gasteiger partial charge on any atom is -0.367 e. The maximum absolute atomic E-state index is 4.53. The van der Waals surface area contributed by atoms with Crippen LogP contribution in [-0.4, -0.2) is 25.1 Å². The standard InChI is InChI=1S/C22H28N4/c1-2-26(18-20-9-5-3-6-10-20)21-14-12-19(13-15-21)17-24-25-22-11-7-4-8-16-23-22/h3,5-6,9-10,12-15,17H,2,4,7-8,11,16,18H2,1H3,(H,23,25)/b24-17-. The first-order valence-corrected chi connectivity index (χ1v) is 9.56. The fraction of sp³-hybridized carbons (Fsp3) is 0.364. The third-order valence-corrected chi connectivity index (χ3v) is 4.64. The molecule has 0 unspecified atom stereocenters. The Balaban J connectivity index is 1.58. The largest absolute Gasteiger partial charge is 0.367 e. The van der Waals surface area contributed by atoms with E-state index in [-0.39, 0.29) is 0 Å². The highest BCUT2D eigenvalue weighted by Crippen LogP contribution is 2.17. The molecular formula is C22H28N4. The fourth-order valence-electron chi connectivity index (χ4n) is 3.11. The summed E-state index contributed by atoms with van der Waals surface area (Å²) in [6, 6.07) is 19.1. The summed E-state index contributed by atoms with van der Waals surface area (Å²) in [6.45, 7) is 5.01. The first-order valence-electron chi connectivity index (χ1n) is 9.56. The average Bonchev–Trinajstić information content (AvgIpc) is 2.96. The summed E-state index contributed by atoms with van der Waals surface area (Å²) < 4.78 is 0. The maximum Gasteiger partial charge on any atom is 0.117 e. The molecule has 1 heterocycles. The molecule has 0 saturated carbocycles. The zero-order valence-corrected chi connectivity index (χ0v) is 15.6. The molecule has 0 atom stereocenters. The molecule has 0 bridgehead atoms. The van der Waals surface area contributed by atoms with Gasteiger partial charge >= 0.3 is 0 Å². The van der Waals surface area contributed by atoms with E-state index in [1.54, 1.807) is 0 Å². The summed E-state index contributed by atoms with van der Waals surface area (Å²) in [4.78, 5) is 6.90. The van der Waals surface area contributed by atoms with Gasteiger partial charge in [0.25, 0.3) is 0 Å². The van der Waals surface area contributed by atoms with Gasteiger partial charge in [0, 0.05) is 31.7 Å². The third-order valence-electron chi connectivity index (χ3n) is 4.64. The number of aliphatic imine (C=N–C) groups is 1. The second-order valence-electron chi connectivity index (χ2n) is 6.60. The molecule has 26 heavy (non-hydrogen) atoms. The number of anilines is 1. The van der Waals surface area contributed by atoms with Gasteiger partial charge in [-0.3, -0.25) is 10.4 Å². The van der Waals surface area contributed by atoms with Crippen LogP contribution in [0, 0.1) is 0 Å². The van der Waals surface area contributed by atoms with Crippen LogP contribution in [0.4, 0.5) is 5.69 Å². The Morgan fingerprint density at radius 3 is 2.62 bits per heavy atom. The van der Waals surface area contributed by atoms with Crippen molar-refractivity contribution in [2.45, 2.75) is 39.2 Å². The van der Waals surface area contributed by atoms with Gasteiger partial charge in [0.05, 0.1) is 6.21 Å². The van der Waals surface area contributed by atoms with E-state index in [0.29, 0.717) is 0 Å². The Morgan fingerprint density at radius 1 is 1.04 bits per heavy atom. The van der Waals surface area contributed by atoms with Crippen LogP contribution in [0.5, 0.6) is 0 Å². The number of amidine groups is 1. The Hall–Kier alpha value is -2.62. The molecule has 2 aromatic rings. The van der Waals surface area contributed by atoms with Crippen molar-refractivity contribution in [3.05, 3.63) is 65.7 Å². The van der Waals surface area contributed by atoms with E-state index < -0.39 is 0 Å². The van der Waals surface area contributed by atoms with Crippen molar-refractivity contribution in [2.24, 2.45) is 10.1 Å². The first-order chi connectivity index (χ1) is 12.8. The van der Waals surface area contributed by atoms with Crippen LogP contribution in [-0.2, 0) is 6.54 Å². The fourth-order valence-corrected chi connectivity index (χ4v) is 3.11. The first kappa shape index (κ1) is 18.2. The Labute approximate surface area is 156 Å². The van der Waals surface area contributed by atoms with Crippen LogP contribution in [0.3, 0.4) is 0 Å². The summed E-state index contributed by atoms with van der Waals surface area (Å²) in [5.74, 6) is 1.01. The van der Waals surface area contributed by atoms with Gasteiger partial charge in [-0.25, -0.2) is 0 Å². The zero-order chi connectivity index (χ0) is 18.0. The molecule has 0 amide bonds. The number of hydrogen-bond donors (Lipinski definition) is 1. The lowest BCUT2D eigenvalue weighted by molar-refractivity contribution is 0.729. The van der Waals surface area contributed by atoms with Crippen molar-refractivity contribution in [3.63, 3.8) is 0 Å². The van der Waals surface area contributed by atoms with Crippen molar-refractivity contribution in [3.8, 4) is 0 Å². The quantitative estimate of drug-likeness (QED) is 0.612. The highest BCUT2D eigenvalue weighted by atomic mass is 15.3. The second kappa shape index (κ2) is 9.76. The molecule has 3 rings (SSSR count). The number of rotatable bonds is 6. The number of hydrazone groups is 1. The number of hydrogen-bond acceptors (Lipinski definition) is 4. The molecule has 0 spiro atoms. The van der Waals surface area contributed by atoms with Gasteiger partial charge in [-0.15, -0.1) is 0 Å². The van der Waals surface area contributed by atoms with Gasteiger partial charge in [-0.05, 0) is 43.0 Å². The molecular weight excluding hydrogens is 320 g/mol. The van der Waals surface area contributed by atoms with Crippen LogP contribution in [0.2, 0.25) is 0 Å². The number of nitrogens with zero attached hydrogens (tertiary/aromatic N) is 3. The van der Waals surface area contributed by atoms with Gasteiger partial charge in [0.1, 0.15) is 5.84 Å². The van der Waals surface area contributed by atoms with E-state index >= 15 is 0 Å². The van der Waals surface area contributed by atoms with Gasteiger partial charge in [-0.2, -0.15) is 5.10 Å². The minimum atomic E-state index is 0.917. The molecule has 1 aliphatic rings. The summed E-state index contributed by atoms with van der Waals surface area (Å²) in [5, 5.41) is 4.35. The predicted octanol–water partition coefficient (Wildman–Crippen LogP) is 4.61. The van der Waals surface area contributed by atoms with E-state index in [9.17, 15) is 0 Å². The van der Waals surface area contributed by atoms with Gasteiger partial charge in [-0.1, -0.05) is 48.9 Å². The lowest BCUT2D eigenvalue weighted by Gasteiger charge is -2.23. The van der Waals surface area contributed by atoms with E-state index in [1.807, 2.05) is 6.21 Å². The molecule has 1 aliphatic heterocycles. The molecule has 0 radical (unpaired) electrons. The van der Waals surface area contributed by atoms with E-state index in [1.165, 1.54) is 30.5 Å². The van der Waals surface area contributed by atoms with Crippen molar-refractivity contribution >= 4 is 17.7 Å². The van der Waals surface area contributed by atoms with Crippen molar-refractivity contribution in [2.75, 3.05) is 18.0 Å². The minimum absolute atomic E-state index is 0.917. The van der Waals surface area contributed by atoms with E-state index in [0.717, 1.165) is 37.5 Å². The van der Waals surface area contributed by atoms with Crippen molar-refractivity contribution in [1.29, 1.82) is 0 Å². The van der Waals surface area contributed by atoms with Gasteiger partial charge < -0.3 is 4.90 Å². The molecule has 0 aliphatic carbocycles. The molecule has 1 N–H and O–H groups in total. The summed E-state index contributed by atoms with van der Waals surface area (Å²) in [7, 11) is 0. The van der Waals surface area contributed by atoms with Gasteiger partial charge in [0.2, 0.25) is 0 Å². The van der Waals surface area contributed by atoms with Crippen LogP contribution in [0.25, 0.3) is 0 Å². The van der Waals surface area contributed by atoms with Crippen LogP contribution < -0.4 is 10.3 Å². The molecule has 0 saturated heterocycles. The van der Waals surface area contributed by atoms with Crippen molar-refractivity contribution < 1.29 is 0 Å². The lowest BCUT2D eigenvalue weighted by atomic mass is 10.1.